The van der Waals surface area contributed by atoms with Crippen LogP contribution in [0, 0.1) is 0 Å². The van der Waals surface area contributed by atoms with E-state index in [0.29, 0.717) is 50.2 Å². The maximum absolute atomic E-state index is 13.0. The summed E-state index contributed by atoms with van der Waals surface area (Å²) in [7, 11) is 0. The number of para-hydroxylation sites is 2. The largest absolute Gasteiger partial charge is 0.492 e. The van der Waals surface area contributed by atoms with Gasteiger partial charge in [-0.2, -0.15) is 4.98 Å². The van der Waals surface area contributed by atoms with Crippen LogP contribution in [0.5, 0.6) is 11.6 Å². The Bertz CT molecular complexity index is 965. The van der Waals surface area contributed by atoms with Crippen molar-refractivity contribution < 1.29 is 19.0 Å². The number of carbonyl (C=O) groups excluding carboxylic acids is 1. The molecule has 0 saturated carbocycles. The molecule has 1 saturated heterocycles. The van der Waals surface area contributed by atoms with Gasteiger partial charge in [0.1, 0.15) is 17.7 Å². The van der Waals surface area contributed by atoms with Gasteiger partial charge in [-0.3, -0.25) is 0 Å². The number of hydrogen-bond donors (Lipinski definition) is 1. The van der Waals surface area contributed by atoms with Crippen molar-refractivity contribution in [3.05, 3.63) is 41.3 Å². The number of rotatable bonds is 6. The molecule has 4 rings (SSSR count). The second-order valence-electron chi connectivity index (χ2n) is 8.77. The monoisotopic (exact) mass is 454 g/mol. The lowest BCUT2D eigenvalue weighted by atomic mass is 10.1. The highest BCUT2D eigenvalue weighted by molar-refractivity contribution is 5.91. The maximum Gasteiger partial charge on any atom is 0.322 e. The van der Waals surface area contributed by atoms with Crippen LogP contribution in [0.2, 0.25) is 0 Å². The number of carbonyl (C=O) groups is 1. The lowest BCUT2D eigenvalue weighted by Gasteiger charge is -2.33. The fourth-order valence-electron chi connectivity index (χ4n) is 4.21. The Balaban J connectivity index is 1.47. The molecule has 1 fully saturated rings. The number of benzene rings is 1. The number of fused-ring (bicyclic) bond motifs is 1. The molecule has 1 N–H and O–H groups in total. The van der Waals surface area contributed by atoms with E-state index in [0.717, 1.165) is 42.8 Å². The molecule has 1 aromatic carbocycles. The van der Waals surface area contributed by atoms with Crippen molar-refractivity contribution in [3.63, 3.8) is 0 Å². The number of hydrogen-bond acceptors (Lipinski definition) is 6. The molecule has 1 unspecified atom stereocenters. The van der Waals surface area contributed by atoms with E-state index in [2.05, 4.69) is 19.2 Å². The standard InChI is InChI=1S/C25H34N4O4/c1-4-32-22-10-6-5-9-21(22)27-25(30)29-13-7-8-18(16-29)33-24-19-11-14-31-15-12-20(19)26-23(28-24)17(2)3/h5-6,9-10,17-18H,4,7-8,11-16H2,1-3H3,(H,27,30). The first-order valence-corrected chi connectivity index (χ1v) is 12.0. The van der Waals surface area contributed by atoms with Crippen LogP contribution >= 0.6 is 0 Å². The molecule has 8 nitrogen and oxygen atoms in total. The van der Waals surface area contributed by atoms with Crippen molar-refractivity contribution in [2.45, 2.75) is 58.5 Å². The van der Waals surface area contributed by atoms with Crippen LogP contribution in [-0.4, -0.2) is 59.9 Å². The van der Waals surface area contributed by atoms with Crippen LogP contribution in [0.15, 0.2) is 24.3 Å². The summed E-state index contributed by atoms with van der Waals surface area (Å²) in [5.74, 6) is 2.33. The molecule has 2 aliphatic rings. The molecule has 0 spiro atoms. The van der Waals surface area contributed by atoms with Crippen molar-refractivity contribution >= 4 is 11.7 Å². The third-order valence-electron chi connectivity index (χ3n) is 5.94. The van der Waals surface area contributed by atoms with E-state index in [1.165, 1.54) is 0 Å². The van der Waals surface area contributed by atoms with Gasteiger partial charge in [0.2, 0.25) is 5.88 Å². The van der Waals surface area contributed by atoms with Crippen LogP contribution in [0.25, 0.3) is 0 Å². The van der Waals surface area contributed by atoms with Gasteiger partial charge in [-0.25, -0.2) is 9.78 Å². The number of anilines is 1. The Morgan fingerprint density at radius 3 is 2.88 bits per heavy atom. The van der Waals surface area contributed by atoms with E-state index in [1.807, 2.05) is 36.1 Å². The molecule has 1 aromatic heterocycles. The van der Waals surface area contributed by atoms with Gasteiger partial charge in [0.15, 0.2) is 0 Å². The third-order valence-corrected chi connectivity index (χ3v) is 5.94. The van der Waals surface area contributed by atoms with Gasteiger partial charge < -0.3 is 24.4 Å². The van der Waals surface area contributed by atoms with Gasteiger partial charge in [0, 0.05) is 30.9 Å². The average molecular weight is 455 g/mol. The lowest BCUT2D eigenvalue weighted by Crippen LogP contribution is -2.46. The molecular formula is C25H34N4O4. The first-order valence-electron chi connectivity index (χ1n) is 12.0. The molecule has 2 aliphatic heterocycles. The van der Waals surface area contributed by atoms with E-state index in [4.69, 9.17) is 24.2 Å². The molecule has 178 valence electrons. The number of ether oxygens (including phenoxy) is 3. The number of piperidine rings is 1. The predicted molar refractivity (Wildman–Crippen MR) is 126 cm³/mol. The van der Waals surface area contributed by atoms with Crippen molar-refractivity contribution in [1.82, 2.24) is 14.9 Å². The van der Waals surface area contributed by atoms with Crippen LogP contribution in [0.4, 0.5) is 10.5 Å². The maximum atomic E-state index is 13.0. The highest BCUT2D eigenvalue weighted by atomic mass is 16.5. The number of likely N-dealkylation sites (tertiary alicyclic amines) is 1. The van der Waals surface area contributed by atoms with E-state index in [1.54, 1.807) is 0 Å². The minimum atomic E-state index is -0.145. The summed E-state index contributed by atoms with van der Waals surface area (Å²) in [6, 6.07) is 7.35. The Morgan fingerprint density at radius 2 is 2.06 bits per heavy atom. The molecule has 0 radical (unpaired) electrons. The molecule has 0 bridgehead atoms. The first kappa shape index (κ1) is 23.3. The summed E-state index contributed by atoms with van der Waals surface area (Å²) in [6.07, 6.45) is 3.15. The molecule has 2 amide bonds. The smallest absolute Gasteiger partial charge is 0.322 e. The Kier molecular flexibility index (Phi) is 7.65. The van der Waals surface area contributed by atoms with Crippen molar-refractivity contribution in [2.24, 2.45) is 0 Å². The van der Waals surface area contributed by atoms with E-state index < -0.39 is 0 Å². The average Bonchev–Trinajstić information content (AvgIpc) is 3.06. The van der Waals surface area contributed by atoms with Gasteiger partial charge in [-0.05, 0) is 31.9 Å². The summed E-state index contributed by atoms with van der Waals surface area (Å²) in [4.78, 5) is 24.4. The summed E-state index contributed by atoms with van der Waals surface area (Å²) in [6.45, 7) is 9.16. The van der Waals surface area contributed by atoms with Crippen LogP contribution < -0.4 is 14.8 Å². The van der Waals surface area contributed by atoms with Crippen molar-refractivity contribution in [1.29, 1.82) is 0 Å². The SMILES string of the molecule is CCOc1ccccc1NC(=O)N1CCCC(Oc2nc(C(C)C)nc3c2CCOCC3)C1. The second kappa shape index (κ2) is 10.8. The van der Waals surface area contributed by atoms with E-state index >= 15 is 0 Å². The third kappa shape index (κ3) is 5.74. The van der Waals surface area contributed by atoms with Gasteiger partial charge in [0.05, 0.1) is 37.7 Å². The second-order valence-corrected chi connectivity index (χ2v) is 8.77. The normalized spacial score (nSPS) is 18.4. The van der Waals surface area contributed by atoms with Gasteiger partial charge >= 0.3 is 6.03 Å². The highest BCUT2D eigenvalue weighted by Gasteiger charge is 2.28. The minimum Gasteiger partial charge on any atom is -0.492 e. The Morgan fingerprint density at radius 1 is 1.24 bits per heavy atom. The van der Waals surface area contributed by atoms with Gasteiger partial charge in [-0.1, -0.05) is 26.0 Å². The summed E-state index contributed by atoms with van der Waals surface area (Å²) in [5.41, 5.74) is 2.75. The summed E-state index contributed by atoms with van der Waals surface area (Å²) < 4.78 is 17.7. The minimum absolute atomic E-state index is 0.116. The fraction of sp³-hybridized carbons (Fsp3) is 0.560. The van der Waals surface area contributed by atoms with Gasteiger partial charge in [-0.15, -0.1) is 0 Å². The van der Waals surface area contributed by atoms with Crippen molar-refractivity contribution in [3.8, 4) is 11.6 Å². The Hall–Kier alpha value is -2.87. The topological polar surface area (TPSA) is 85.8 Å². The van der Waals surface area contributed by atoms with E-state index in [-0.39, 0.29) is 18.1 Å². The van der Waals surface area contributed by atoms with Gasteiger partial charge in [0.25, 0.3) is 0 Å². The number of urea groups is 1. The molecule has 1 atom stereocenters. The number of nitrogens with zero attached hydrogens (tertiary/aromatic N) is 3. The summed E-state index contributed by atoms with van der Waals surface area (Å²) in [5, 5.41) is 3.00. The Labute approximate surface area is 195 Å². The summed E-state index contributed by atoms with van der Waals surface area (Å²) >= 11 is 0. The molecule has 3 heterocycles. The van der Waals surface area contributed by atoms with Crippen LogP contribution in [-0.2, 0) is 17.6 Å². The molecule has 33 heavy (non-hydrogen) atoms. The van der Waals surface area contributed by atoms with Crippen LogP contribution in [0.1, 0.15) is 56.6 Å². The quantitative estimate of drug-likeness (QED) is 0.704. The number of amides is 2. The zero-order chi connectivity index (χ0) is 23.2. The number of nitrogens with one attached hydrogen (secondary N) is 1. The first-order chi connectivity index (χ1) is 16.0. The van der Waals surface area contributed by atoms with Crippen molar-refractivity contribution in [2.75, 3.05) is 38.2 Å². The molecule has 8 heteroatoms. The fourth-order valence-corrected chi connectivity index (χ4v) is 4.21. The predicted octanol–water partition coefficient (Wildman–Crippen LogP) is 4.19. The molecular weight excluding hydrogens is 420 g/mol. The zero-order valence-electron chi connectivity index (χ0n) is 19.8. The number of aromatic nitrogens is 2. The van der Waals surface area contributed by atoms with Crippen LogP contribution in [0.3, 0.4) is 0 Å². The zero-order valence-corrected chi connectivity index (χ0v) is 19.8. The highest BCUT2D eigenvalue weighted by Crippen LogP contribution is 2.28. The van der Waals surface area contributed by atoms with E-state index in [9.17, 15) is 4.79 Å². The lowest BCUT2D eigenvalue weighted by molar-refractivity contribution is 0.100. The molecule has 2 aromatic rings. The molecule has 0 aliphatic carbocycles.